The molecule has 1 aromatic heterocycles. The summed E-state index contributed by atoms with van der Waals surface area (Å²) in [5.41, 5.74) is 1.52. The topological polar surface area (TPSA) is 72.3 Å². The maximum absolute atomic E-state index is 12.3. The van der Waals surface area contributed by atoms with Gasteiger partial charge in [-0.2, -0.15) is 0 Å². The van der Waals surface area contributed by atoms with Crippen LogP contribution in [0.4, 0.5) is 0 Å². The molecule has 0 N–H and O–H groups in total. The Morgan fingerprint density at radius 2 is 1.95 bits per heavy atom. The third kappa shape index (κ3) is 3.82. The third-order valence-corrected chi connectivity index (χ3v) is 4.03. The van der Waals surface area contributed by atoms with Gasteiger partial charge in [0, 0.05) is 12.8 Å². The summed E-state index contributed by atoms with van der Waals surface area (Å²) in [6.07, 6.45) is 2.21. The molecule has 0 saturated carbocycles. The zero-order chi connectivity index (χ0) is 15.9. The van der Waals surface area contributed by atoms with E-state index in [1.165, 1.54) is 11.8 Å². The number of ketones is 1. The number of nitrogens with zero attached hydrogens (tertiary/aromatic N) is 3. The highest BCUT2D eigenvalue weighted by atomic mass is 32.2. The molecule has 0 radical (unpaired) electrons. The van der Waals surface area contributed by atoms with Crippen LogP contribution in [0.2, 0.25) is 0 Å². The molecule has 0 unspecified atom stereocenters. The van der Waals surface area contributed by atoms with Crippen LogP contribution in [0, 0.1) is 0 Å². The van der Waals surface area contributed by atoms with Gasteiger partial charge in [0.05, 0.1) is 12.9 Å². The predicted octanol–water partition coefficient (Wildman–Crippen LogP) is 1.51. The number of amides is 2. The lowest BCUT2D eigenvalue weighted by molar-refractivity contribution is -0.128. The van der Waals surface area contributed by atoms with Crippen LogP contribution < -0.4 is 0 Å². The van der Waals surface area contributed by atoms with Crippen molar-refractivity contribution in [1.82, 2.24) is 14.5 Å². The first-order valence-corrected chi connectivity index (χ1v) is 7.52. The van der Waals surface area contributed by atoms with Crippen LogP contribution in [0.1, 0.15) is 16.1 Å². The van der Waals surface area contributed by atoms with E-state index >= 15 is 0 Å². The summed E-state index contributed by atoms with van der Waals surface area (Å²) in [5.74, 6) is 0.359. The summed E-state index contributed by atoms with van der Waals surface area (Å²) in [6.45, 7) is -0.286. The minimum atomic E-state index is -0.324. The van der Waals surface area contributed by atoms with Gasteiger partial charge in [0.25, 0.3) is 0 Å². The highest BCUT2D eigenvalue weighted by molar-refractivity contribution is 7.98. The fourth-order valence-electron chi connectivity index (χ4n) is 1.90. The number of aryl methyl sites for hydroxylation is 1. The van der Waals surface area contributed by atoms with Crippen molar-refractivity contribution in [3.05, 3.63) is 47.9 Å². The highest BCUT2D eigenvalue weighted by Crippen LogP contribution is 2.25. The van der Waals surface area contributed by atoms with Crippen molar-refractivity contribution in [2.45, 2.75) is 10.8 Å². The van der Waals surface area contributed by atoms with Gasteiger partial charge in [0.15, 0.2) is 0 Å². The molecule has 0 aliphatic carbocycles. The van der Waals surface area contributed by atoms with Crippen molar-refractivity contribution in [3.8, 4) is 0 Å². The molecular formula is C15H15N3O3S. The molecule has 7 heteroatoms. The van der Waals surface area contributed by atoms with E-state index in [1.807, 2.05) is 30.3 Å². The molecule has 2 amide bonds. The van der Waals surface area contributed by atoms with Gasteiger partial charge in [-0.3, -0.25) is 19.3 Å². The predicted molar refractivity (Wildman–Crippen MR) is 82.4 cm³/mol. The molecule has 0 saturated heterocycles. The number of hydrogen-bond acceptors (Lipinski definition) is 5. The molecule has 6 nitrogen and oxygen atoms in total. The second-order valence-electron chi connectivity index (χ2n) is 4.59. The van der Waals surface area contributed by atoms with Crippen molar-refractivity contribution < 1.29 is 14.4 Å². The molecule has 22 heavy (non-hydrogen) atoms. The van der Waals surface area contributed by atoms with E-state index in [0.717, 1.165) is 10.5 Å². The highest BCUT2D eigenvalue weighted by Gasteiger charge is 2.19. The van der Waals surface area contributed by atoms with Gasteiger partial charge in [-0.25, -0.2) is 4.98 Å². The van der Waals surface area contributed by atoms with E-state index in [0.29, 0.717) is 29.3 Å². The van der Waals surface area contributed by atoms with Crippen molar-refractivity contribution in [2.75, 3.05) is 6.54 Å². The molecule has 0 spiro atoms. The fraction of sp³-hybridized carbons (Fsp3) is 0.200. The standard InChI is InChI=1S/C15H15N3O3S/c1-17-9-16-15(22-8-12-5-3-2-4-6-12)14(17)13(21)7-18(10-19)11-20/h2-6,9-11H,7-8H2,1H3. The van der Waals surface area contributed by atoms with Crippen LogP contribution in [0.5, 0.6) is 0 Å². The van der Waals surface area contributed by atoms with Crippen molar-refractivity contribution in [3.63, 3.8) is 0 Å². The van der Waals surface area contributed by atoms with Crippen LogP contribution in [0.25, 0.3) is 0 Å². The lowest BCUT2D eigenvalue weighted by Gasteiger charge is -2.09. The van der Waals surface area contributed by atoms with E-state index < -0.39 is 0 Å². The zero-order valence-corrected chi connectivity index (χ0v) is 12.8. The van der Waals surface area contributed by atoms with Gasteiger partial charge in [-0.1, -0.05) is 42.1 Å². The van der Waals surface area contributed by atoms with Crippen molar-refractivity contribution >= 4 is 30.4 Å². The number of hydrogen-bond donors (Lipinski definition) is 0. The summed E-state index contributed by atoms with van der Waals surface area (Å²) in [7, 11) is 1.71. The minimum Gasteiger partial charge on any atom is -0.330 e. The Bertz CT molecular complexity index is 662. The quantitative estimate of drug-likeness (QED) is 0.419. The number of benzene rings is 1. The Morgan fingerprint density at radius 1 is 1.27 bits per heavy atom. The van der Waals surface area contributed by atoms with Gasteiger partial charge in [0.1, 0.15) is 10.7 Å². The first kappa shape index (κ1) is 16.0. The first-order valence-electron chi connectivity index (χ1n) is 6.53. The SMILES string of the molecule is Cn1cnc(SCc2ccccc2)c1C(=O)CN(C=O)C=O. The lowest BCUT2D eigenvalue weighted by atomic mass is 10.2. The van der Waals surface area contributed by atoms with Gasteiger partial charge in [0.2, 0.25) is 18.6 Å². The molecule has 1 heterocycles. The smallest absolute Gasteiger partial charge is 0.216 e. The Balaban J connectivity index is 2.12. The van der Waals surface area contributed by atoms with Crippen LogP contribution >= 0.6 is 11.8 Å². The summed E-state index contributed by atoms with van der Waals surface area (Å²) in [5, 5.41) is 0.591. The Labute approximate surface area is 132 Å². The number of imide groups is 1. The average molecular weight is 317 g/mol. The minimum absolute atomic E-state index is 0.286. The van der Waals surface area contributed by atoms with Gasteiger partial charge in [-0.05, 0) is 5.56 Å². The largest absolute Gasteiger partial charge is 0.330 e. The Hall–Kier alpha value is -2.41. The van der Waals surface area contributed by atoms with E-state index in [1.54, 1.807) is 17.9 Å². The zero-order valence-electron chi connectivity index (χ0n) is 12.0. The van der Waals surface area contributed by atoms with Gasteiger partial charge < -0.3 is 4.57 Å². The van der Waals surface area contributed by atoms with Crippen molar-refractivity contribution in [2.24, 2.45) is 7.05 Å². The number of Topliss-reactive ketones (excluding diaryl/α,β-unsaturated/α-hetero) is 1. The third-order valence-electron chi connectivity index (χ3n) is 2.98. The molecule has 2 rings (SSSR count). The molecule has 2 aromatic rings. The molecule has 0 bridgehead atoms. The second kappa shape index (κ2) is 7.56. The summed E-state index contributed by atoms with van der Waals surface area (Å²) in [4.78, 5) is 38.5. The summed E-state index contributed by atoms with van der Waals surface area (Å²) < 4.78 is 1.60. The molecule has 114 valence electrons. The molecule has 0 atom stereocenters. The molecule has 0 aliphatic rings. The van der Waals surface area contributed by atoms with E-state index in [9.17, 15) is 14.4 Å². The Morgan fingerprint density at radius 3 is 2.59 bits per heavy atom. The maximum atomic E-state index is 12.3. The van der Waals surface area contributed by atoms with Crippen LogP contribution in [0.3, 0.4) is 0 Å². The van der Waals surface area contributed by atoms with Crippen LogP contribution in [0.15, 0.2) is 41.7 Å². The molecule has 0 fully saturated rings. The van der Waals surface area contributed by atoms with Crippen molar-refractivity contribution in [1.29, 1.82) is 0 Å². The van der Waals surface area contributed by atoms with E-state index in [4.69, 9.17) is 0 Å². The maximum Gasteiger partial charge on any atom is 0.216 e. The first-order chi connectivity index (χ1) is 10.7. The van der Waals surface area contributed by atoms with Gasteiger partial charge in [-0.15, -0.1) is 0 Å². The number of thioether (sulfide) groups is 1. The number of rotatable bonds is 8. The lowest BCUT2D eigenvalue weighted by Crippen LogP contribution is -2.28. The normalized spacial score (nSPS) is 10.2. The van der Waals surface area contributed by atoms with Crippen LogP contribution in [-0.2, 0) is 22.4 Å². The number of aromatic nitrogens is 2. The molecule has 0 aliphatic heterocycles. The summed E-state index contributed by atoms with van der Waals surface area (Å²) >= 11 is 1.44. The fourth-order valence-corrected chi connectivity index (χ4v) is 2.91. The van der Waals surface area contributed by atoms with E-state index in [-0.39, 0.29) is 12.3 Å². The molecular weight excluding hydrogens is 302 g/mol. The van der Waals surface area contributed by atoms with E-state index in [2.05, 4.69) is 4.98 Å². The Kier molecular flexibility index (Phi) is 5.48. The van der Waals surface area contributed by atoms with Crippen LogP contribution in [-0.4, -0.2) is 39.6 Å². The van der Waals surface area contributed by atoms with Gasteiger partial charge >= 0.3 is 0 Å². The second-order valence-corrected chi connectivity index (χ2v) is 5.55. The molecule has 1 aromatic carbocycles. The monoisotopic (exact) mass is 317 g/mol. The summed E-state index contributed by atoms with van der Waals surface area (Å²) in [6, 6.07) is 9.84. The number of imidazole rings is 1. The average Bonchev–Trinajstić information content (AvgIpc) is 2.92. The number of carbonyl (C=O) groups excluding carboxylic acids is 3. The number of carbonyl (C=O) groups is 3.